The molecule has 0 saturated heterocycles. The largest absolute Gasteiger partial charge is 0.493 e. The second-order valence-electron chi connectivity index (χ2n) is 6.34. The highest BCUT2D eigenvalue weighted by atomic mass is 79.9. The Balaban J connectivity index is 1.73. The maximum atomic E-state index is 13.0. The predicted octanol–water partition coefficient (Wildman–Crippen LogP) is 6.75. The average Bonchev–Trinajstić information content (AvgIpc) is 2.68. The molecule has 0 radical (unpaired) electrons. The van der Waals surface area contributed by atoms with Crippen LogP contribution in [0, 0.1) is 12.7 Å². The van der Waals surface area contributed by atoms with E-state index >= 15 is 0 Å². The lowest BCUT2D eigenvalue weighted by atomic mass is 10.1. The second-order valence-corrected chi connectivity index (χ2v) is 7.63. The zero-order chi connectivity index (χ0) is 20.1. The number of rotatable bonds is 7. The number of nitrogens with one attached hydrogen (secondary N) is 1. The Morgan fingerprint density at radius 2 is 1.79 bits per heavy atom. The molecule has 3 aromatic rings. The number of hydrogen-bond acceptors (Lipinski definition) is 3. The zero-order valence-electron chi connectivity index (χ0n) is 15.6. The summed E-state index contributed by atoms with van der Waals surface area (Å²) in [6.45, 7) is 2.95. The summed E-state index contributed by atoms with van der Waals surface area (Å²) < 4.78 is 25.2. The van der Waals surface area contributed by atoms with E-state index < -0.39 is 0 Å². The number of aryl methyl sites for hydroxylation is 1. The van der Waals surface area contributed by atoms with E-state index in [4.69, 9.17) is 21.1 Å². The summed E-state index contributed by atoms with van der Waals surface area (Å²) in [6, 6.07) is 15.9. The van der Waals surface area contributed by atoms with Gasteiger partial charge in [-0.1, -0.05) is 29.8 Å². The SMILES string of the molecule is COc1cc(CNc2cc(Cl)ccc2C)cc(Br)c1OCc1ccc(F)cc1. The zero-order valence-corrected chi connectivity index (χ0v) is 17.9. The predicted molar refractivity (Wildman–Crippen MR) is 115 cm³/mol. The number of benzene rings is 3. The Hall–Kier alpha value is -2.24. The van der Waals surface area contributed by atoms with Gasteiger partial charge < -0.3 is 14.8 Å². The summed E-state index contributed by atoms with van der Waals surface area (Å²) in [5.74, 6) is 0.958. The summed E-state index contributed by atoms with van der Waals surface area (Å²) in [5, 5.41) is 4.09. The van der Waals surface area contributed by atoms with Crippen molar-refractivity contribution in [3.05, 3.63) is 86.6 Å². The highest BCUT2D eigenvalue weighted by Gasteiger charge is 2.12. The van der Waals surface area contributed by atoms with Gasteiger partial charge in [-0.05, 0) is 75.9 Å². The lowest BCUT2D eigenvalue weighted by Crippen LogP contribution is -2.03. The normalized spacial score (nSPS) is 10.6. The number of hydrogen-bond donors (Lipinski definition) is 1. The van der Waals surface area contributed by atoms with Gasteiger partial charge >= 0.3 is 0 Å². The van der Waals surface area contributed by atoms with Crippen molar-refractivity contribution in [2.24, 2.45) is 0 Å². The first-order chi connectivity index (χ1) is 13.5. The second kappa shape index (κ2) is 9.30. The molecule has 28 heavy (non-hydrogen) atoms. The molecular formula is C22H20BrClFNO2. The minimum Gasteiger partial charge on any atom is -0.493 e. The van der Waals surface area contributed by atoms with Gasteiger partial charge in [0.25, 0.3) is 0 Å². The molecule has 0 saturated carbocycles. The maximum Gasteiger partial charge on any atom is 0.175 e. The fraction of sp³-hybridized carbons (Fsp3) is 0.182. The highest BCUT2D eigenvalue weighted by molar-refractivity contribution is 9.10. The van der Waals surface area contributed by atoms with Crippen LogP contribution in [-0.2, 0) is 13.2 Å². The Labute approximate surface area is 177 Å². The minimum absolute atomic E-state index is 0.269. The summed E-state index contributed by atoms with van der Waals surface area (Å²) >= 11 is 9.64. The Morgan fingerprint density at radius 3 is 2.50 bits per heavy atom. The molecule has 0 fully saturated rings. The molecule has 0 aromatic heterocycles. The Kier molecular flexibility index (Phi) is 6.81. The molecule has 0 atom stereocenters. The van der Waals surface area contributed by atoms with Gasteiger partial charge in [0.15, 0.2) is 11.5 Å². The van der Waals surface area contributed by atoms with Gasteiger partial charge in [-0.15, -0.1) is 0 Å². The van der Waals surface area contributed by atoms with Crippen molar-refractivity contribution in [1.29, 1.82) is 0 Å². The van der Waals surface area contributed by atoms with Crippen molar-refractivity contribution in [3.63, 3.8) is 0 Å². The molecule has 0 heterocycles. The van der Waals surface area contributed by atoms with Gasteiger partial charge in [-0.25, -0.2) is 4.39 Å². The Bertz CT molecular complexity index is 963. The smallest absolute Gasteiger partial charge is 0.175 e. The third kappa shape index (κ3) is 5.18. The van der Waals surface area contributed by atoms with Crippen molar-refractivity contribution in [2.45, 2.75) is 20.1 Å². The maximum absolute atomic E-state index is 13.0. The molecule has 3 rings (SSSR count). The molecular weight excluding hydrogens is 445 g/mol. The molecule has 0 aliphatic rings. The van der Waals surface area contributed by atoms with E-state index in [9.17, 15) is 4.39 Å². The standard InChI is InChI=1S/C22H20BrClFNO2/c1-14-3-6-17(24)11-20(14)26-12-16-9-19(23)22(21(10-16)27-2)28-13-15-4-7-18(25)8-5-15/h3-11,26H,12-13H2,1-2H3. The van der Waals surface area contributed by atoms with E-state index in [1.54, 1.807) is 19.2 Å². The molecule has 6 heteroatoms. The monoisotopic (exact) mass is 463 g/mol. The van der Waals surface area contributed by atoms with Crippen LogP contribution in [0.25, 0.3) is 0 Å². The molecule has 3 nitrogen and oxygen atoms in total. The van der Waals surface area contributed by atoms with Crippen LogP contribution in [0.15, 0.2) is 59.1 Å². The van der Waals surface area contributed by atoms with Crippen molar-refractivity contribution >= 4 is 33.2 Å². The Morgan fingerprint density at radius 1 is 1.04 bits per heavy atom. The topological polar surface area (TPSA) is 30.5 Å². The van der Waals surface area contributed by atoms with Crippen LogP contribution in [0.5, 0.6) is 11.5 Å². The van der Waals surface area contributed by atoms with E-state index in [0.717, 1.165) is 26.9 Å². The molecule has 0 unspecified atom stereocenters. The van der Waals surface area contributed by atoms with Crippen molar-refractivity contribution in [2.75, 3.05) is 12.4 Å². The van der Waals surface area contributed by atoms with Crippen LogP contribution in [0.4, 0.5) is 10.1 Å². The van der Waals surface area contributed by atoms with Crippen molar-refractivity contribution in [3.8, 4) is 11.5 Å². The van der Waals surface area contributed by atoms with Gasteiger partial charge in [-0.2, -0.15) is 0 Å². The highest BCUT2D eigenvalue weighted by Crippen LogP contribution is 2.37. The van der Waals surface area contributed by atoms with Gasteiger partial charge in [0.1, 0.15) is 12.4 Å². The first-order valence-corrected chi connectivity index (χ1v) is 9.87. The lowest BCUT2D eigenvalue weighted by Gasteiger charge is -2.16. The molecule has 0 aliphatic carbocycles. The molecule has 146 valence electrons. The van der Waals surface area contributed by atoms with Crippen LogP contribution in [0.2, 0.25) is 5.02 Å². The van der Waals surface area contributed by atoms with Gasteiger partial charge in [-0.3, -0.25) is 0 Å². The van der Waals surface area contributed by atoms with Crippen LogP contribution >= 0.6 is 27.5 Å². The van der Waals surface area contributed by atoms with Crippen LogP contribution in [0.1, 0.15) is 16.7 Å². The van der Waals surface area contributed by atoms with E-state index in [0.29, 0.717) is 29.7 Å². The first-order valence-electron chi connectivity index (χ1n) is 8.70. The quantitative estimate of drug-likeness (QED) is 0.419. The number of anilines is 1. The number of halogens is 3. The fourth-order valence-corrected chi connectivity index (χ4v) is 3.51. The van der Waals surface area contributed by atoms with Gasteiger partial charge in [0.05, 0.1) is 11.6 Å². The first kappa shape index (κ1) is 20.5. The molecule has 0 amide bonds. The van der Waals surface area contributed by atoms with Crippen LogP contribution in [0.3, 0.4) is 0 Å². The number of ether oxygens (including phenoxy) is 2. The van der Waals surface area contributed by atoms with Gasteiger partial charge in [0.2, 0.25) is 0 Å². The lowest BCUT2D eigenvalue weighted by molar-refractivity contribution is 0.282. The average molecular weight is 465 g/mol. The van der Waals surface area contributed by atoms with E-state index in [2.05, 4.69) is 21.2 Å². The van der Waals surface area contributed by atoms with Gasteiger partial charge in [0, 0.05) is 17.3 Å². The summed E-state index contributed by atoms with van der Waals surface area (Å²) in [6.07, 6.45) is 0. The fourth-order valence-electron chi connectivity index (χ4n) is 2.73. The minimum atomic E-state index is -0.269. The van der Waals surface area contributed by atoms with E-state index in [1.165, 1.54) is 12.1 Å². The van der Waals surface area contributed by atoms with Crippen LogP contribution in [-0.4, -0.2) is 7.11 Å². The molecule has 0 spiro atoms. The third-order valence-electron chi connectivity index (χ3n) is 4.27. The van der Waals surface area contributed by atoms with Crippen molar-refractivity contribution < 1.29 is 13.9 Å². The number of methoxy groups -OCH3 is 1. The van der Waals surface area contributed by atoms with E-state index in [-0.39, 0.29) is 5.82 Å². The summed E-state index contributed by atoms with van der Waals surface area (Å²) in [5.41, 5.74) is 4.00. The summed E-state index contributed by atoms with van der Waals surface area (Å²) in [4.78, 5) is 0. The molecule has 1 N–H and O–H groups in total. The van der Waals surface area contributed by atoms with E-state index in [1.807, 2.05) is 37.3 Å². The summed E-state index contributed by atoms with van der Waals surface area (Å²) in [7, 11) is 1.60. The molecule has 3 aromatic carbocycles. The molecule has 0 aliphatic heterocycles. The molecule has 0 bridgehead atoms. The van der Waals surface area contributed by atoms with Crippen molar-refractivity contribution in [1.82, 2.24) is 0 Å². The third-order valence-corrected chi connectivity index (χ3v) is 5.09. The van der Waals surface area contributed by atoms with Crippen LogP contribution < -0.4 is 14.8 Å².